The van der Waals surface area contributed by atoms with Gasteiger partial charge in [-0.1, -0.05) is 0 Å². The van der Waals surface area contributed by atoms with Crippen molar-refractivity contribution in [1.29, 1.82) is 0 Å². The average Bonchev–Trinajstić information content (AvgIpc) is 3.25. The quantitative estimate of drug-likeness (QED) is 0.709. The molecule has 3 aromatic rings. The molecule has 0 bridgehead atoms. The molecule has 0 radical (unpaired) electrons. The third kappa shape index (κ3) is 2.64. The summed E-state index contributed by atoms with van der Waals surface area (Å²) in [5, 5.41) is 24.2. The van der Waals surface area contributed by atoms with E-state index in [0.717, 1.165) is 10.8 Å². The Balaban J connectivity index is 2.30. The lowest BCUT2D eigenvalue weighted by atomic mass is 10.1. The van der Waals surface area contributed by atoms with Crippen LogP contribution in [0.25, 0.3) is 21.5 Å². The molecule has 25 heavy (non-hydrogen) atoms. The Bertz CT molecular complexity index is 936. The highest BCUT2D eigenvalue weighted by molar-refractivity contribution is 7.15. The van der Waals surface area contributed by atoms with Crippen molar-refractivity contribution in [3.63, 3.8) is 0 Å². The number of nitrogens with zero attached hydrogens (tertiary/aromatic N) is 4. The molecule has 0 saturated carbocycles. The van der Waals surface area contributed by atoms with Gasteiger partial charge in [0.05, 0.1) is 26.2 Å². The van der Waals surface area contributed by atoms with E-state index in [0.29, 0.717) is 28.0 Å². The van der Waals surface area contributed by atoms with E-state index in [1.807, 2.05) is 11.4 Å². The predicted molar refractivity (Wildman–Crippen MR) is 90.6 cm³/mol. The van der Waals surface area contributed by atoms with E-state index in [9.17, 15) is 9.90 Å². The largest absolute Gasteiger partial charge is 0.493 e. The zero-order valence-electron chi connectivity index (χ0n) is 14.0. The van der Waals surface area contributed by atoms with Crippen LogP contribution >= 0.6 is 11.3 Å². The maximum atomic E-state index is 11.3. The molecule has 132 valence electrons. The normalized spacial score (nSPS) is 12.2. The van der Waals surface area contributed by atoms with Crippen LogP contribution in [0.15, 0.2) is 11.4 Å². The van der Waals surface area contributed by atoms with Crippen LogP contribution in [0.5, 0.6) is 17.2 Å². The van der Waals surface area contributed by atoms with Crippen LogP contribution in [0.1, 0.15) is 13.0 Å². The van der Waals surface area contributed by atoms with Crippen molar-refractivity contribution in [1.82, 2.24) is 20.2 Å². The van der Waals surface area contributed by atoms with E-state index in [-0.39, 0.29) is 0 Å². The molecule has 0 amide bonds. The fourth-order valence-corrected chi connectivity index (χ4v) is 3.56. The minimum atomic E-state index is -1.03. The molecule has 3 rings (SSSR count). The minimum absolute atomic E-state index is 0.348. The van der Waals surface area contributed by atoms with Crippen LogP contribution in [0, 0.1) is 0 Å². The van der Waals surface area contributed by atoms with E-state index in [2.05, 4.69) is 15.5 Å². The Morgan fingerprint density at radius 3 is 2.56 bits per heavy atom. The van der Waals surface area contributed by atoms with E-state index in [1.165, 1.54) is 37.2 Å². The maximum absolute atomic E-state index is 11.3. The first-order valence-corrected chi connectivity index (χ1v) is 8.12. The van der Waals surface area contributed by atoms with Crippen LogP contribution in [0.4, 0.5) is 0 Å². The lowest BCUT2D eigenvalue weighted by molar-refractivity contribution is -0.140. The second kappa shape index (κ2) is 6.55. The van der Waals surface area contributed by atoms with Crippen molar-refractivity contribution < 1.29 is 24.1 Å². The van der Waals surface area contributed by atoms with Gasteiger partial charge in [0, 0.05) is 10.8 Å². The van der Waals surface area contributed by atoms with Gasteiger partial charge in [0.15, 0.2) is 23.4 Å². The van der Waals surface area contributed by atoms with Crippen molar-refractivity contribution >= 4 is 28.1 Å². The van der Waals surface area contributed by atoms with E-state index >= 15 is 0 Å². The molecule has 1 aromatic carbocycles. The average molecular weight is 364 g/mol. The van der Waals surface area contributed by atoms with Gasteiger partial charge in [-0.3, -0.25) is 0 Å². The number of aromatic nitrogens is 4. The van der Waals surface area contributed by atoms with Crippen molar-refractivity contribution in [2.75, 3.05) is 21.3 Å². The van der Waals surface area contributed by atoms with Crippen LogP contribution in [0.2, 0.25) is 0 Å². The predicted octanol–water partition coefficient (Wildman–Crippen LogP) is 2.23. The van der Waals surface area contributed by atoms with Gasteiger partial charge in [-0.15, -0.1) is 16.4 Å². The molecular formula is C15H16N4O5S. The summed E-state index contributed by atoms with van der Waals surface area (Å²) in [5.41, 5.74) is 0. The Morgan fingerprint density at radius 1 is 1.24 bits per heavy atom. The molecule has 0 spiro atoms. The molecule has 1 atom stereocenters. The Labute approximate surface area is 146 Å². The number of rotatable bonds is 6. The molecular weight excluding hydrogens is 348 g/mol. The number of carboxylic acid groups (broad SMARTS) is 1. The number of thiophene rings is 1. The lowest BCUT2D eigenvalue weighted by Crippen LogP contribution is -2.17. The van der Waals surface area contributed by atoms with Gasteiger partial charge in [0.1, 0.15) is 0 Å². The fraction of sp³-hybridized carbons (Fsp3) is 0.333. The molecule has 0 aliphatic heterocycles. The first-order valence-electron chi connectivity index (χ1n) is 7.24. The molecule has 0 saturated heterocycles. The van der Waals surface area contributed by atoms with Gasteiger partial charge in [0.25, 0.3) is 0 Å². The monoisotopic (exact) mass is 364 g/mol. The second-order valence-corrected chi connectivity index (χ2v) is 6.02. The number of ether oxygens (including phenoxy) is 3. The molecule has 0 aliphatic carbocycles. The van der Waals surface area contributed by atoms with Crippen molar-refractivity contribution in [2.24, 2.45) is 0 Å². The van der Waals surface area contributed by atoms with Crippen molar-refractivity contribution in [3.05, 3.63) is 11.4 Å². The van der Waals surface area contributed by atoms with Crippen LogP contribution in [0.3, 0.4) is 0 Å². The smallest absolute Gasteiger partial charge is 0.328 e. The third-order valence-electron chi connectivity index (χ3n) is 3.81. The van der Waals surface area contributed by atoms with Gasteiger partial charge in [-0.25, -0.2) is 9.48 Å². The fourth-order valence-electron chi connectivity index (χ4n) is 2.56. The number of carbonyl (C=O) groups is 1. The van der Waals surface area contributed by atoms with Gasteiger partial charge in [-0.05, 0) is 28.8 Å². The molecule has 1 N–H and O–H groups in total. The number of methoxy groups -OCH3 is 3. The van der Waals surface area contributed by atoms with Gasteiger partial charge in [0.2, 0.25) is 5.75 Å². The van der Waals surface area contributed by atoms with Crippen LogP contribution in [-0.2, 0) is 4.79 Å². The molecule has 0 aliphatic rings. The molecule has 2 aromatic heterocycles. The molecule has 1 unspecified atom stereocenters. The summed E-state index contributed by atoms with van der Waals surface area (Å²) >= 11 is 1.38. The lowest BCUT2D eigenvalue weighted by Gasteiger charge is -2.14. The summed E-state index contributed by atoms with van der Waals surface area (Å²) in [7, 11) is 4.60. The highest BCUT2D eigenvalue weighted by atomic mass is 32.1. The van der Waals surface area contributed by atoms with Gasteiger partial charge in [-0.2, -0.15) is 0 Å². The van der Waals surface area contributed by atoms with Gasteiger partial charge < -0.3 is 19.3 Å². The Kier molecular flexibility index (Phi) is 4.45. The van der Waals surface area contributed by atoms with E-state index in [1.54, 1.807) is 7.11 Å². The SMILES string of the molecule is COc1cc2csc(-c3nnnn3C(C)C(=O)O)c2c(OC)c1OC. The molecule has 10 heteroatoms. The second-order valence-electron chi connectivity index (χ2n) is 5.14. The number of hydrogen-bond acceptors (Lipinski definition) is 8. The number of benzene rings is 1. The zero-order chi connectivity index (χ0) is 18.1. The number of tetrazole rings is 1. The Morgan fingerprint density at radius 2 is 1.96 bits per heavy atom. The number of aliphatic carboxylic acids is 1. The maximum Gasteiger partial charge on any atom is 0.328 e. The van der Waals surface area contributed by atoms with Crippen LogP contribution in [-0.4, -0.2) is 52.6 Å². The standard InChI is InChI=1S/C15H16N4O5S/c1-7(15(20)21)19-14(16-17-18-19)13-10-8(6-25-13)5-9(22-2)11(23-3)12(10)24-4/h5-7H,1-4H3,(H,20,21). The molecule has 9 nitrogen and oxygen atoms in total. The number of hydrogen-bond donors (Lipinski definition) is 1. The summed E-state index contributed by atoms with van der Waals surface area (Å²) in [6.45, 7) is 1.51. The van der Waals surface area contributed by atoms with Crippen molar-refractivity contribution in [2.45, 2.75) is 13.0 Å². The molecule has 2 heterocycles. The topological polar surface area (TPSA) is 109 Å². The highest BCUT2D eigenvalue weighted by Crippen LogP contribution is 2.49. The summed E-state index contributed by atoms with van der Waals surface area (Å²) in [6, 6.07) is 0.916. The van der Waals surface area contributed by atoms with E-state index in [4.69, 9.17) is 14.2 Å². The summed E-state index contributed by atoms with van der Waals surface area (Å²) < 4.78 is 17.6. The van der Waals surface area contributed by atoms with Crippen molar-refractivity contribution in [3.8, 4) is 28.0 Å². The van der Waals surface area contributed by atoms with Crippen LogP contribution < -0.4 is 14.2 Å². The first-order chi connectivity index (χ1) is 12.0. The van der Waals surface area contributed by atoms with Gasteiger partial charge >= 0.3 is 5.97 Å². The Hall–Kier alpha value is -2.88. The highest BCUT2D eigenvalue weighted by Gasteiger charge is 2.26. The first kappa shape index (κ1) is 17.0. The number of fused-ring (bicyclic) bond motifs is 1. The summed E-state index contributed by atoms with van der Waals surface area (Å²) in [4.78, 5) is 12.0. The summed E-state index contributed by atoms with van der Waals surface area (Å²) in [5.74, 6) is 0.781. The third-order valence-corrected chi connectivity index (χ3v) is 4.81. The molecule has 0 fully saturated rings. The number of carboxylic acids is 1. The van der Waals surface area contributed by atoms with E-state index < -0.39 is 12.0 Å². The zero-order valence-corrected chi connectivity index (χ0v) is 14.8. The summed E-state index contributed by atoms with van der Waals surface area (Å²) in [6.07, 6.45) is 0. The minimum Gasteiger partial charge on any atom is -0.493 e.